The molecule has 0 spiro atoms. The summed E-state index contributed by atoms with van der Waals surface area (Å²) in [6.07, 6.45) is -0.248. The zero-order valence-corrected chi connectivity index (χ0v) is 13.7. The van der Waals surface area contributed by atoms with Crippen molar-refractivity contribution < 1.29 is 24.4 Å². The van der Waals surface area contributed by atoms with Crippen LogP contribution in [0.3, 0.4) is 0 Å². The van der Waals surface area contributed by atoms with Crippen molar-refractivity contribution in [2.24, 2.45) is 0 Å². The Kier molecular flexibility index (Phi) is 4.72. The van der Waals surface area contributed by atoms with Crippen molar-refractivity contribution in [1.29, 1.82) is 0 Å². The van der Waals surface area contributed by atoms with Gasteiger partial charge in [-0.1, -0.05) is 20.8 Å². The number of aromatic nitrogens is 1. The normalized spacial score (nSPS) is 17.2. The van der Waals surface area contributed by atoms with Gasteiger partial charge in [-0.2, -0.15) is 0 Å². The molecule has 9 heteroatoms. The highest BCUT2D eigenvalue weighted by Crippen LogP contribution is 2.41. The molecule has 1 aromatic rings. The standard InChI is InChI=1S/C15H19N3O6/c1-4-9-13(19)17(15(5-2,6-3)14(20)21)12-10(24-9)7-8-11(16-12)18(22)23/h7-9H,4-6H2,1-3H3,(H,20,21). The summed E-state index contributed by atoms with van der Waals surface area (Å²) in [6.45, 7) is 5.04. The molecule has 0 fully saturated rings. The minimum Gasteiger partial charge on any atom is -0.479 e. The SMILES string of the molecule is CCC1Oc2ccc([N+](=O)[O-])nc2N(C(CC)(CC)C(=O)O)C1=O. The maximum Gasteiger partial charge on any atom is 0.366 e. The zero-order valence-electron chi connectivity index (χ0n) is 13.7. The predicted octanol–water partition coefficient (Wildman–Crippen LogP) is 2.14. The Bertz CT molecular complexity index is 686. The van der Waals surface area contributed by atoms with E-state index in [0.717, 1.165) is 4.90 Å². The van der Waals surface area contributed by atoms with E-state index in [-0.39, 0.29) is 24.4 Å². The van der Waals surface area contributed by atoms with E-state index in [4.69, 9.17) is 4.74 Å². The second-order valence-electron chi connectivity index (χ2n) is 5.48. The van der Waals surface area contributed by atoms with Crippen LogP contribution in [-0.2, 0) is 9.59 Å². The molecule has 0 bridgehead atoms. The van der Waals surface area contributed by atoms with Gasteiger partial charge in [0.2, 0.25) is 0 Å². The molecule has 1 unspecified atom stereocenters. The molecule has 0 saturated heterocycles. The fraction of sp³-hybridized carbons (Fsp3) is 0.533. The highest BCUT2D eigenvalue weighted by atomic mass is 16.6. The Labute approximate surface area is 138 Å². The number of nitrogens with zero attached hydrogens (tertiary/aromatic N) is 3. The molecule has 0 saturated carbocycles. The van der Waals surface area contributed by atoms with Crippen LogP contribution in [0.1, 0.15) is 40.0 Å². The molecule has 130 valence electrons. The lowest BCUT2D eigenvalue weighted by molar-refractivity contribution is -0.389. The number of carbonyl (C=O) groups is 2. The summed E-state index contributed by atoms with van der Waals surface area (Å²) in [4.78, 5) is 40.0. The average molecular weight is 337 g/mol. The first-order valence-electron chi connectivity index (χ1n) is 7.71. The van der Waals surface area contributed by atoms with Gasteiger partial charge in [-0.15, -0.1) is 0 Å². The summed E-state index contributed by atoms with van der Waals surface area (Å²) >= 11 is 0. The Hall–Kier alpha value is -2.71. The molecule has 1 atom stereocenters. The highest BCUT2D eigenvalue weighted by molar-refractivity contribution is 6.05. The van der Waals surface area contributed by atoms with Crippen LogP contribution in [0.4, 0.5) is 11.6 Å². The molecule has 2 rings (SSSR count). The number of nitro groups is 1. The number of aliphatic carboxylic acids is 1. The van der Waals surface area contributed by atoms with E-state index in [1.165, 1.54) is 12.1 Å². The molecule has 2 heterocycles. The monoisotopic (exact) mass is 337 g/mol. The molecular formula is C15H19N3O6. The second-order valence-corrected chi connectivity index (χ2v) is 5.48. The first kappa shape index (κ1) is 17.6. The first-order valence-corrected chi connectivity index (χ1v) is 7.71. The van der Waals surface area contributed by atoms with E-state index in [9.17, 15) is 24.8 Å². The van der Waals surface area contributed by atoms with Gasteiger partial charge in [0, 0.05) is 6.07 Å². The third-order valence-electron chi connectivity index (χ3n) is 4.36. The molecule has 1 aromatic heterocycles. The lowest BCUT2D eigenvalue weighted by Crippen LogP contribution is -2.62. The topological polar surface area (TPSA) is 123 Å². The van der Waals surface area contributed by atoms with E-state index in [0.29, 0.717) is 6.42 Å². The smallest absolute Gasteiger partial charge is 0.366 e. The molecule has 0 radical (unpaired) electrons. The van der Waals surface area contributed by atoms with Crippen LogP contribution in [0.5, 0.6) is 5.75 Å². The van der Waals surface area contributed by atoms with Crippen LogP contribution in [0.2, 0.25) is 0 Å². The first-order chi connectivity index (χ1) is 11.3. The molecule has 24 heavy (non-hydrogen) atoms. The van der Waals surface area contributed by atoms with Crippen molar-refractivity contribution in [2.75, 3.05) is 4.90 Å². The number of pyridine rings is 1. The van der Waals surface area contributed by atoms with Gasteiger partial charge in [0.05, 0.1) is 0 Å². The maximum atomic E-state index is 12.8. The summed E-state index contributed by atoms with van der Waals surface area (Å²) < 4.78 is 5.55. The van der Waals surface area contributed by atoms with Crippen LogP contribution in [0.15, 0.2) is 12.1 Å². The lowest BCUT2D eigenvalue weighted by atomic mass is 9.89. The zero-order chi connectivity index (χ0) is 18.1. The molecule has 1 amide bonds. The number of carbonyl (C=O) groups excluding carboxylic acids is 1. The number of carboxylic acid groups (broad SMARTS) is 1. The van der Waals surface area contributed by atoms with Gasteiger partial charge in [-0.05, 0) is 35.2 Å². The van der Waals surface area contributed by atoms with E-state index < -0.39 is 34.3 Å². The van der Waals surface area contributed by atoms with Crippen LogP contribution in [-0.4, -0.2) is 38.5 Å². The summed E-state index contributed by atoms with van der Waals surface area (Å²) in [5, 5.41) is 20.8. The summed E-state index contributed by atoms with van der Waals surface area (Å²) in [7, 11) is 0. The van der Waals surface area contributed by atoms with Crippen molar-refractivity contribution in [3.8, 4) is 5.75 Å². The van der Waals surface area contributed by atoms with Crippen molar-refractivity contribution in [1.82, 2.24) is 4.98 Å². The Morgan fingerprint density at radius 2 is 2.04 bits per heavy atom. The van der Waals surface area contributed by atoms with E-state index in [1.54, 1.807) is 20.8 Å². The number of amides is 1. The fourth-order valence-electron chi connectivity index (χ4n) is 2.87. The summed E-state index contributed by atoms with van der Waals surface area (Å²) in [5.41, 5.74) is -1.54. The molecular weight excluding hydrogens is 318 g/mol. The third kappa shape index (κ3) is 2.55. The molecule has 0 aliphatic carbocycles. The van der Waals surface area contributed by atoms with Gasteiger partial charge >= 0.3 is 11.8 Å². The predicted molar refractivity (Wildman–Crippen MR) is 84.0 cm³/mol. The molecule has 1 N–H and O–H groups in total. The number of hydrogen-bond donors (Lipinski definition) is 1. The van der Waals surface area contributed by atoms with Gasteiger partial charge in [-0.25, -0.2) is 4.79 Å². The molecule has 1 aliphatic heterocycles. The van der Waals surface area contributed by atoms with Gasteiger partial charge in [0.1, 0.15) is 5.54 Å². The van der Waals surface area contributed by atoms with Gasteiger partial charge < -0.3 is 20.0 Å². The van der Waals surface area contributed by atoms with E-state index in [2.05, 4.69) is 4.98 Å². The highest BCUT2D eigenvalue weighted by Gasteiger charge is 2.52. The Morgan fingerprint density at radius 3 is 2.50 bits per heavy atom. The van der Waals surface area contributed by atoms with Gasteiger partial charge in [-0.3, -0.25) is 9.69 Å². The Balaban J connectivity index is 2.72. The number of hydrogen-bond acceptors (Lipinski definition) is 6. The van der Waals surface area contributed by atoms with E-state index in [1.807, 2.05) is 0 Å². The largest absolute Gasteiger partial charge is 0.479 e. The van der Waals surface area contributed by atoms with Crippen molar-refractivity contribution in [3.05, 3.63) is 22.2 Å². The van der Waals surface area contributed by atoms with Crippen LogP contribution < -0.4 is 9.64 Å². The third-order valence-corrected chi connectivity index (χ3v) is 4.36. The minimum atomic E-state index is -1.54. The quantitative estimate of drug-likeness (QED) is 0.623. The second kappa shape index (κ2) is 6.42. The van der Waals surface area contributed by atoms with Gasteiger partial charge in [0.25, 0.3) is 11.7 Å². The number of anilines is 1. The van der Waals surface area contributed by atoms with Crippen LogP contribution >= 0.6 is 0 Å². The fourth-order valence-corrected chi connectivity index (χ4v) is 2.87. The lowest BCUT2D eigenvalue weighted by Gasteiger charge is -2.41. The van der Waals surface area contributed by atoms with Crippen molar-refractivity contribution in [2.45, 2.75) is 51.7 Å². The molecule has 0 aromatic carbocycles. The number of ether oxygens (including phenoxy) is 1. The molecule has 9 nitrogen and oxygen atoms in total. The number of fused-ring (bicyclic) bond motifs is 1. The van der Waals surface area contributed by atoms with Crippen LogP contribution in [0, 0.1) is 10.1 Å². The average Bonchev–Trinajstić information content (AvgIpc) is 2.56. The van der Waals surface area contributed by atoms with Crippen molar-refractivity contribution >= 4 is 23.5 Å². The number of rotatable bonds is 6. The summed E-state index contributed by atoms with van der Waals surface area (Å²) in [6, 6.07) is 2.51. The minimum absolute atomic E-state index is 0.120. The van der Waals surface area contributed by atoms with Crippen molar-refractivity contribution in [3.63, 3.8) is 0 Å². The van der Waals surface area contributed by atoms with Crippen LogP contribution in [0.25, 0.3) is 0 Å². The summed E-state index contributed by atoms with van der Waals surface area (Å²) in [5.74, 6) is -2.16. The maximum absolute atomic E-state index is 12.8. The van der Waals surface area contributed by atoms with E-state index >= 15 is 0 Å². The number of carboxylic acids is 1. The Morgan fingerprint density at radius 1 is 1.42 bits per heavy atom. The molecule has 1 aliphatic rings. The van der Waals surface area contributed by atoms with Gasteiger partial charge in [0.15, 0.2) is 11.9 Å².